The molecule has 0 saturated carbocycles. The van der Waals surface area contributed by atoms with Crippen LogP contribution in [0.1, 0.15) is 46.6 Å². The van der Waals surface area contributed by atoms with E-state index < -0.39 is 16.0 Å². The van der Waals surface area contributed by atoms with Crippen molar-refractivity contribution < 1.29 is 17.9 Å². The van der Waals surface area contributed by atoms with Crippen molar-refractivity contribution in [1.82, 2.24) is 8.87 Å². The Bertz CT molecular complexity index is 948. The maximum absolute atomic E-state index is 13.4. The summed E-state index contributed by atoms with van der Waals surface area (Å²) in [4.78, 5) is 12.6. The lowest BCUT2D eigenvalue weighted by molar-refractivity contribution is 0.0521. The fraction of sp³-hybridized carbons (Fsp3) is 0.450. The fourth-order valence-electron chi connectivity index (χ4n) is 3.75. The molecule has 3 rings (SSSR count). The Morgan fingerprint density at radius 1 is 1.19 bits per heavy atom. The highest BCUT2D eigenvalue weighted by Crippen LogP contribution is 2.35. The van der Waals surface area contributed by atoms with Gasteiger partial charge in [-0.25, -0.2) is 13.2 Å². The third-order valence-corrected chi connectivity index (χ3v) is 7.45. The molecule has 0 spiro atoms. The van der Waals surface area contributed by atoms with Crippen LogP contribution in [0.4, 0.5) is 0 Å². The first-order chi connectivity index (χ1) is 12.8. The van der Waals surface area contributed by atoms with Gasteiger partial charge in [-0.05, 0) is 38.7 Å². The topological polar surface area (TPSA) is 68.6 Å². The van der Waals surface area contributed by atoms with Gasteiger partial charge in [-0.2, -0.15) is 4.31 Å². The second kappa shape index (κ2) is 7.48. The van der Waals surface area contributed by atoms with Gasteiger partial charge in [0.15, 0.2) is 0 Å². The molecule has 2 aromatic rings. The Labute approximate surface area is 160 Å². The maximum Gasteiger partial charge on any atom is 0.341 e. The number of hydrogen-bond donors (Lipinski definition) is 0. The molecule has 1 aromatic heterocycles. The predicted molar refractivity (Wildman–Crippen MR) is 103 cm³/mol. The van der Waals surface area contributed by atoms with Crippen molar-refractivity contribution in [2.75, 3.05) is 19.7 Å². The summed E-state index contributed by atoms with van der Waals surface area (Å²) in [5.74, 6) is -0.423. The van der Waals surface area contributed by atoms with E-state index in [-0.39, 0.29) is 23.0 Å². The molecule has 27 heavy (non-hydrogen) atoms. The van der Waals surface area contributed by atoms with Crippen molar-refractivity contribution in [2.24, 2.45) is 7.05 Å². The maximum atomic E-state index is 13.4. The molecular formula is C20H26N2O4S. The molecule has 0 N–H and O–H groups in total. The Hall–Kier alpha value is -2.12. The molecule has 0 radical (unpaired) electrons. The van der Waals surface area contributed by atoms with Gasteiger partial charge in [-0.1, -0.05) is 30.3 Å². The van der Waals surface area contributed by atoms with Crippen LogP contribution in [0.25, 0.3) is 0 Å². The smallest absolute Gasteiger partial charge is 0.341 e. The van der Waals surface area contributed by atoms with Gasteiger partial charge in [0.05, 0.1) is 6.61 Å². The molecule has 0 bridgehead atoms. The van der Waals surface area contributed by atoms with Crippen LogP contribution in [0.5, 0.6) is 0 Å². The number of carbonyl (C=O) groups excluding carboxylic acids is 1. The number of benzene rings is 1. The summed E-state index contributed by atoms with van der Waals surface area (Å²) in [5.41, 5.74) is 2.45. The highest BCUT2D eigenvalue weighted by Gasteiger charge is 2.39. The zero-order valence-electron chi connectivity index (χ0n) is 16.2. The summed E-state index contributed by atoms with van der Waals surface area (Å²) in [6.45, 7) is 6.25. The van der Waals surface area contributed by atoms with Crippen molar-refractivity contribution in [3.05, 3.63) is 52.8 Å². The lowest BCUT2D eigenvalue weighted by atomic mass is 9.99. The zero-order valence-corrected chi connectivity index (χ0v) is 17.0. The van der Waals surface area contributed by atoms with Crippen LogP contribution >= 0.6 is 0 Å². The molecule has 1 saturated heterocycles. The van der Waals surface area contributed by atoms with Crippen LogP contribution in [0, 0.1) is 13.8 Å². The molecule has 1 aromatic carbocycles. The van der Waals surface area contributed by atoms with Gasteiger partial charge in [-0.15, -0.1) is 0 Å². The summed E-state index contributed by atoms with van der Waals surface area (Å²) in [7, 11) is -2.03. The van der Waals surface area contributed by atoms with E-state index in [4.69, 9.17) is 4.74 Å². The van der Waals surface area contributed by atoms with E-state index in [0.717, 1.165) is 12.0 Å². The standard InChI is InChI=1S/C20H26N2O4S/c1-5-26-20(23)18-14(2)21(4)15(3)19(18)27(24,25)22-12-11-17(13-22)16-9-7-6-8-10-16/h6-10,17H,5,11-13H2,1-4H3. The molecule has 2 heterocycles. The molecule has 0 aliphatic carbocycles. The number of hydrogen-bond acceptors (Lipinski definition) is 4. The van der Waals surface area contributed by atoms with E-state index in [1.807, 2.05) is 30.3 Å². The molecule has 1 aliphatic rings. The van der Waals surface area contributed by atoms with Crippen LogP contribution in [-0.4, -0.2) is 43.0 Å². The highest BCUT2D eigenvalue weighted by molar-refractivity contribution is 7.89. The lowest BCUT2D eigenvalue weighted by Crippen LogP contribution is -2.30. The average molecular weight is 391 g/mol. The van der Waals surface area contributed by atoms with Crippen LogP contribution in [0.15, 0.2) is 35.2 Å². The predicted octanol–water partition coefficient (Wildman–Crippen LogP) is 3.00. The Kier molecular flexibility index (Phi) is 5.44. The SMILES string of the molecule is CCOC(=O)c1c(S(=O)(=O)N2CCC(c3ccccc3)C2)c(C)n(C)c1C. The molecule has 0 amide bonds. The van der Waals surface area contributed by atoms with Gasteiger partial charge in [0.2, 0.25) is 10.0 Å². The summed E-state index contributed by atoms with van der Waals surface area (Å²) in [6.07, 6.45) is 0.767. The molecule has 1 unspecified atom stereocenters. The molecule has 146 valence electrons. The fourth-order valence-corrected chi connectivity index (χ4v) is 5.73. The summed E-state index contributed by atoms with van der Waals surface area (Å²) < 4.78 is 35.2. The minimum atomic E-state index is -3.79. The van der Waals surface area contributed by atoms with Crippen LogP contribution in [-0.2, 0) is 21.8 Å². The van der Waals surface area contributed by atoms with E-state index in [0.29, 0.717) is 24.5 Å². The van der Waals surface area contributed by atoms with Crippen LogP contribution in [0.2, 0.25) is 0 Å². The van der Waals surface area contributed by atoms with Gasteiger partial charge in [0, 0.05) is 31.5 Å². The minimum absolute atomic E-state index is 0.0784. The number of carbonyl (C=O) groups is 1. The first-order valence-corrected chi connectivity index (χ1v) is 10.6. The van der Waals surface area contributed by atoms with Crippen molar-refractivity contribution in [3.8, 4) is 0 Å². The number of nitrogens with zero attached hydrogens (tertiary/aromatic N) is 2. The average Bonchev–Trinajstić information content (AvgIpc) is 3.23. The largest absolute Gasteiger partial charge is 0.462 e. The molecule has 7 heteroatoms. The number of esters is 1. The third-order valence-electron chi connectivity index (χ3n) is 5.42. The van der Waals surface area contributed by atoms with E-state index >= 15 is 0 Å². The van der Waals surface area contributed by atoms with Crippen LogP contribution < -0.4 is 0 Å². The van der Waals surface area contributed by atoms with Gasteiger partial charge in [0.25, 0.3) is 0 Å². The minimum Gasteiger partial charge on any atom is -0.462 e. The third kappa shape index (κ3) is 3.41. The molecule has 6 nitrogen and oxygen atoms in total. The Morgan fingerprint density at radius 3 is 2.48 bits per heavy atom. The summed E-state index contributed by atoms with van der Waals surface area (Å²) in [6, 6.07) is 9.95. The first-order valence-electron chi connectivity index (χ1n) is 9.17. The molecule has 1 atom stereocenters. The van der Waals surface area contributed by atoms with Gasteiger partial charge >= 0.3 is 5.97 Å². The second-order valence-electron chi connectivity index (χ2n) is 6.91. The van der Waals surface area contributed by atoms with Gasteiger partial charge in [0.1, 0.15) is 10.5 Å². The monoisotopic (exact) mass is 390 g/mol. The number of rotatable bonds is 5. The van der Waals surface area contributed by atoms with E-state index in [1.165, 1.54) is 4.31 Å². The molecule has 1 aliphatic heterocycles. The first kappa shape index (κ1) is 19.6. The lowest BCUT2D eigenvalue weighted by Gasteiger charge is -2.18. The number of sulfonamides is 1. The van der Waals surface area contributed by atoms with Crippen molar-refractivity contribution in [2.45, 2.75) is 38.0 Å². The summed E-state index contributed by atoms with van der Waals surface area (Å²) >= 11 is 0. The Morgan fingerprint density at radius 2 is 1.85 bits per heavy atom. The number of aromatic nitrogens is 1. The van der Waals surface area contributed by atoms with Crippen LogP contribution in [0.3, 0.4) is 0 Å². The molecule has 1 fully saturated rings. The second-order valence-corrected chi connectivity index (χ2v) is 8.79. The Balaban J connectivity index is 1.99. The normalized spacial score (nSPS) is 18.0. The zero-order chi connectivity index (χ0) is 19.8. The van der Waals surface area contributed by atoms with E-state index in [1.54, 1.807) is 32.4 Å². The highest BCUT2D eigenvalue weighted by atomic mass is 32.2. The van der Waals surface area contributed by atoms with Crippen molar-refractivity contribution in [3.63, 3.8) is 0 Å². The van der Waals surface area contributed by atoms with Crippen molar-refractivity contribution in [1.29, 1.82) is 0 Å². The quantitative estimate of drug-likeness (QED) is 0.736. The van der Waals surface area contributed by atoms with Gasteiger partial charge in [-0.3, -0.25) is 0 Å². The van der Waals surface area contributed by atoms with E-state index in [2.05, 4.69) is 0 Å². The van der Waals surface area contributed by atoms with Gasteiger partial charge < -0.3 is 9.30 Å². The van der Waals surface area contributed by atoms with Crippen molar-refractivity contribution >= 4 is 16.0 Å². The summed E-state index contributed by atoms with van der Waals surface area (Å²) in [5, 5.41) is 0. The number of ether oxygens (including phenoxy) is 1. The molecular weight excluding hydrogens is 364 g/mol. The van der Waals surface area contributed by atoms with E-state index in [9.17, 15) is 13.2 Å².